The molecular formula is C12H24N2O4S. The van der Waals surface area contributed by atoms with Gasteiger partial charge < -0.3 is 9.64 Å². The highest BCUT2D eigenvalue weighted by Crippen LogP contribution is 2.16. The van der Waals surface area contributed by atoms with E-state index in [2.05, 4.69) is 4.72 Å². The van der Waals surface area contributed by atoms with Gasteiger partial charge in [0.05, 0.1) is 12.4 Å². The Morgan fingerprint density at radius 1 is 1.47 bits per heavy atom. The number of amides is 1. The monoisotopic (exact) mass is 292 g/mol. The molecule has 1 N–H and O–H groups in total. The molecule has 1 amide bonds. The maximum Gasteiger partial charge on any atom is 0.248 e. The molecule has 1 fully saturated rings. The van der Waals surface area contributed by atoms with Gasteiger partial charge in [-0.25, -0.2) is 13.1 Å². The van der Waals surface area contributed by atoms with E-state index in [0.717, 1.165) is 25.6 Å². The second kappa shape index (κ2) is 7.21. The molecule has 0 aliphatic carbocycles. The number of nitrogens with zero attached hydrogens (tertiary/aromatic N) is 1. The van der Waals surface area contributed by atoms with Gasteiger partial charge in [-0.05, 0) is 32.6 Å². The Bertz CT molecular complexity index is 395. The van der Waals surface area contributed by atoms with E-state index in [9.17, 15) is 13.2 Å². The SMILES string of the molecule is CC(C)OCC(=O)N1CCCC(CNS(C)(=O)=O)C1. The first-order valence-electron chi connectivity index (χ1n) is 6.62. The van der Waals surface area contributed by atoms with E-state index in [-0.39, 0.29) is 24.5 Å². The predicted molar refractivity (Wildman–Crippen MR) is 73.2 cm³/mol. The van der Waals surface area contributed by atoms with E-state index in [1.165, 1.54) is 0 Å². The summed E-state index contributed by atoms with van der Waals surface area (Å²) >= 11 is 0. The van der Waals surface area contributed by atoms with Crippen LogP contribution in [-0.4, -0.2) is 57.8 Å². The molecule has 1 aliphatic rings. The third-order valence-corrected chi connectivity index (χ3v) is 3.74. The van der Waals surface area contributed by atoms with Gasteiger partial charge in [0.1, 0.15) is 6.61 Å². The fraction of sp³-hybridized carbons (Fsp3) is 0.917. The zero-order valence-corrected chi connectivity index (χ0v) is 12.7. The van der Waals surface area contributed by atoms with Crippen LogP contribution in [0, 0.1) is 5.92 Å². The number of rotatable bonds is 6. The van der Waals surface area contributed by atoms with Crippen molar-refractivity contribution in [2.45, 2.75) is 32.8 Å². The van der Waals surface area contributed by atoms with Crippen LogP contribution >= 0.6 is 0 Å². The summed E-state index contributed by atoms with van der Waals surface area (Å²) in [5.41, 5.74) is 0. The van der Waals surface area contributed by atoms with Crippen molar-refractivity contribution >= 4 is 15.9 Å². The minimum Gasteiger partial charge on any atom is -0.369 e. The van der Waals surface area contributed by atoms with Gasteiger partial charge >= 0.3 is 0 Å². The topological polar surface area (TPSA) is 75.7 Å². The number of ether oxygens (including phenoxy) is 1. The van der Waals surface area contributed by atoms with Crippen LogP contribution in [-0.2, 0) is 19.6 Å². The van der Waals surface area contributed by atoms with Crippen molar-refractivity contribution in [1.29, 1.82) is 0 Å². The van der Waals surface area contributed by atoms with Gasteiger partial charge in [-0.3, -0.25) is 4.79 Å². The number of nitrogens with one attached hydrogen (secondary N) is 1. The smallest absolute Gasteiger partial charge is 0.248 e. The Kier molecular flexibility index (Phi) is 6.22. The van der Waals surface area contributed by atoms with Crippen LogP contribution in [0.5, 0.6) is 0 Å². The Morgan fingerprint density at radius 2 is 2.16 bits per heavy atom. The average Bonchev–Trinajstić information content (AvgIpc) is 2.33. The number of sulfonamides is 1. The lowest BCUT2D eigenvalue weighted by atomic mass is 9.98. The van der Waals surface area contributed by atoms with Crippen molar-refractivity contribution in [2.75, 3.05) is 32.5 Å². The lowest BCUT2D eigenvalue weighted by molar-refractivity contribution is -0.139. The van der Waals surface area contributed by atoms with Gasteiger partial charge in [-0.15, -0.1) is 0 Å². The van der Waals surface area contributed by atoms with E-state index in [1.807, 2.05) is 13.8 Å². The highest BCUT2D eigenvalue weighted by atomic mass is 32.2. The second-order valence-corrected chi connectivity index (χ2v) is 7.16. The van der Waals surface area contributed by atoms with Crippen LogP contribution in [0.1, 0.15) is 26.7 Å². The number of hydrogen-bond acceptors (Lipinski definition) is 4. The van der Waals surface area contributed by atoms with Gasteiger partial charge in [0, 0.05) is 19.6 Å². The molecule has 1 unspecified atom stereocenters. The first-order chi connectivity index (χ1) is 8.78. The van der Waals surface area contributed by atoms with Gasteiger partial charge in [0.15, 0.2) is 0 Å². The summed E-state index contributed by atoms with van der Waals surface area (Å²) in [5.74, 6) is 0.171. The molecule has 0 saturated carbocycles. The maximum atomic E-state index is 11.9. The molecule has 19 heavy (non-hydrogen) atoms. The lowest BCUT2D eigenvalue weighted by Crippen LogP contribution is -2.45. The summed E-state index contributed by atoms with van der Waals surface area (Å²) < 4.78 is 29.9. The fourth-order valence-corrected chi connectivity index (χ4v) is 2.60. The molecule has 7 heteroatoms. The normalized spacial score (nSPS) is 20.8. The van der Waals surface area contributed by atoms with Gasteiger partial charge in [-0.2, -0.15) is 0 Å². The van der Waals surface area contributed by atoms with Crippen molar-refractivity contribution in [3.8, 4) is 0 Å². The Balaban J connectivity index is 2.39. The van der Waals surface area contributed by atoms with Crippen molar-refractivity contribution in [3.05, 3.63) is 0 Å². The molecular weight excluding hydrogens is 268 g/mol. The maximum absolute atomic E-state index is 11.9. The number of carbonyl (C=O) groups excluding carboxylic acids is 1. The van der Waals surface area contributed by atoms with Crippen LogP contribution in [0.2, 0.25) is 0 Å². The van der Waals surface area contributed by atoms with E-state index < -0.39 is 10.0 Å². The van der Waals surface area contributed by atoms with Crippen LogP contribution in [0.4, 0.5) is 0 Å². The molecule has 1 aliphatic heterocycles. The van der Waals surface area contributed by atoms with E-state index in [1.54, 1.807) is 4.90 Å². The third-order valence-electron chi connectivity index (χ3n) is 3.05. The first-order valence-corrected chi connectivity index (χ1v) is 8.51. The Morgan fingerprint density at radius 3 is 2.74 bits per heavy atom. The summed E-state index contributed by atoms with van der Waals surface area (Å²) in [5, 5.41) is 0. The zero-order valence-electron chi connectivity index (χ0n) is 11.9. The van der Waals surface area contributed by atoms with Crippen molar-refractivity contribution in [3.63, 3.8) is 0 Å². The summed E-state index contributed by atoms with van der Waals surface area (Å²) in [6.07, 6.45) is 3.03. The molecule has 112 valence electrons. The van der Waals surface area contributed by atoms with Crippen LogP contribution in [0.3, 0.4) is 0 Å². The zero-order chi connectivity index (χ0) is 14.5. The molecule has 0 spiro atoms. The number of piperidine rings is 1. The van der Waals surface area contributed by atoms with Crippen molar-refractivity contribution in [2.24, 2.45) is 5.92 Å². The first kappa shape index (κ1) is 16.4. The summed E-state index contributed by atoms with van der Waals surface area (Å²) in [7, 11) is -3.16. The third kappa shape index (κ3) is 6.89. The van der Waals surface area contributed by atoms with Crippen molar-refractivity contribution in [1.82, 2.24) is 9.62 Å². The van der Waals surface area contributed by atoms with Crippen LogP contribution in [0.15, 0.2) is 0 Å². The van der Waals surface area contributed by atoms with Crippen molar-refractivity contribution < 1.29 is 17.9 Å². The molecule has 0 bridgehead atoms. The summed E-state index contributed by atoms with van der Waals surface area (Å²) in [6, 6.07) is 0. The predicted octanol–water partition coefficient (Wildman–Crippen LogP) is 0.199. The largest absolute Gasteiger partial charge is 0.369 e. The quantitative estimate of drug-likeness (QED) is 0.759. The number of likely N-dealkylation sites (tertiary alicyclic amines) is 1. The molecule has 0 aromatic heterocycles. The van der Waals surface area contributed by atoms with E-state index in [4.69, 9.17) is 4.74 Å². The average molecular weight is 292 g/mol. The molecule has 1 saturated heterocycles. The van der Waals surface area contributed by atoms with Crippen LogP contribution in [0.25, 0.3) is 0 Å². The number of carbonyl (C=O) groups is 1. The highest BCUT2D eigenvalue weighted by Gasteiger charge is 2.24. The molecule has 0 aromatic rings. The standard InChI is InChI=1S/C12H24N2O4S/c1-10(2)18-9-12(15)14-6-4-5-11(8-14)7-13-19(3,16)17/h10-11,13H,4-9H2,1-3H3. The summed E-state index contributed by atoms with van der Waals surface area (Å²) in [6.45, 7) is 5.61. The Hall–Kier alpha value is -0.660. The van der Waals surface area contributed by atoms with Gasteiger partial charge in [0.25, 0.3) is 0 Å². The number of hydrogen-bond donors (Lipinski definition) is 1. The fourth-order valence-electron chi connectivity index (χ4n) is 2.06. The summed E-state index contributed by atoms with van der Waals surface area (Å²) in [4.78, 5) is 13.7. The highest BCUT2D eigenvalue weighted by molar-refractivity contribution is 7.88. The molecule has 0 aromatic carbocycles. The molecule has 0 radical (unpaired) electrons. The Labute approximate surface area is 115 Å². The second-order valence-electron chi connectivity index (χ2n) is 5.33. The van der Waals surface area contributed by atoms with E-state index in [0.29, 0.717) is 13.1 Å². The molecule has 1 atom stereocenters. The van der Waals surface area contributed by atoms with E-state index >= 15 is 0 Å². The van der Waals surface area contributed by atoms with Gasteiger partial charge in [-0.1, -0.05) is 0 Å². The minimum atomic E-state index is -3.16. The molecule has 1 heterocycles. The lowest BCUT2D eigenvalue weighted by Gasteiger charge is -2.32. The van der Waals surface area contributed by atoms with Gasteiger partial charge in [0.2, 0.25) is 15.9 Å². The molecule has 6 nitrogen and oxygen atoms in total. The minimum absolute atomic E-state index is 0.0160. The van der Waals surface area contributed by atoms with Crippen LogP contribution < -0.4 is 4.72 Å². The molecule has 1 rings (SSSR count).